The average Bonchev–Trinajstić information content (AvgIpc) is 3.46. The molecule has 3 aromatic heterocycles. The number of aromatic nitrogens is 4. The van der Waals surface area contributed by atoms with E-state index >= 15 is 0 Å². The number of benzene rings is 2. The van der Waals surface area contributed by atoms with E-state index in [1.807, 2.05) is 78.2 Å². The molecule has 0 unspecified atom stereocenters. The van der Waals surface area contributed by atoms with Gasteiger partial charge in [-0.05, 0) is 31.2 Å². The monoisotopic (exact) mass is 409 g/mol. The molecule has 0 aliphatic heterocycles. The summed E-state index contributed by atoms with van der Waals surface area (Å²) < 4.78 is 7.82. The molecule has 0 saturated heterocycles. The van der Waals surface area contributed by atoms with E-state index < -0.39 is 0 Å². The number of hydrogen-bond donors (Lipinski definition) is 1. The maximum atomic E-state index is 12.9. The van der Waals surface area contributed by atoms with Crippen LogP contribution in [0.5, 0.6) is 0 Å². The number of rotatable bonds is 5. The van der Waals surface area contributed by atoms with Crippen molar-refractivity contribution in [3.05, 3.63) is 96.1 Å². The SMILES string of the molecule is Cc1ccc(-c2cnc(-c3ccccc3C(=O)NCc3nnc4ccccn34)o2)cc1. The minimum Gasteiger partial charge on any atom is -0.436 e. The van der Waals surface area contributed by atoms with Crippen LogP contribution in [0.3, 0.4) is 0 Å². The molecular weight excluding hydrogens is 390 g/mol. The van der Waals surface area contributed by atoms with Gasteiger partial charge in [0.05, 0.1) is 18.3 Å². The summed E-state index contributed by atoms with van der Waals surface area (Å²) in [5.74, 6) is 1.46. The Hall–Kier alpha value is -4.26. The Labute approximate surface area is 178 Å². The van der Waals surface area contributed by atoms with E-state index in [9.17, 15) is 4.79 Å². The largest absolute Gasteiger partial charge is 0.436 e. The summed E-state index contributed by atoms with van der Waals surface area (Å²) in [4.78, 5) is 17.4. The van der Waals surface area contributed by atoms with Gasteiger partial charge in [0.25, 0.3) is 5.91 Å². The maximum Gasteiger partial charge on any atom is 0.252 e. The zero-order valence-electron chi connectivity index (χ0n) is 16.8. The summed E-state index contributed by atoms with van der Waals surface area (Å²) in [5.41, 5.74) is 3.95. The summed E-state index contributed by atoms with van der Waals surface area (Å²) >= 11 is 0. The smallest absolute Gasteiger partial charge is 0.252 e. The lowest BCUT2D eigenvalue weighted by Crippen LogP contribution is -2.24. The number of pyridine rings is 1. The fraction of sp³-hybridized carbons (Fsp3) is 0.0833. The van der Waals surface area contributed by atoms with Crippen LogP contribution in [0.4, 0.5) is 0 Å². The van der Waals surface area contributed by atoms with Crippen molar-refractivity contribution in [3.63, 3.8) is 0 Å². The van der Waals surface area contributed by atoms with Crippen LogP contribution in [0, 0.1) is 6.92 Å². The second-order valence-corrected chi connectivity index (χ2v) is 7.17. The van der Waals surface area contributed by atoms with E-state index in [0.29, 0.717) is 28.6 Å². The number of carbonyl (C=O) groups is 1. The molecule has 31 heavy (non-hydrogen) atoms. The van der Waals surface area contributed by atoms with E-state index in [1.165, 1.54) is 5.56 Å². The fourth-order valence-electron chi connectivity index (χ4n) is 3.38. The normalized spacial score (nSPS) is 11.0. The number of aryl methyl sites for hydroxylation is 1. The van der Waals surface area contributed by atoms with Crippen LogP contribution < -0.4 is 5.32 Å². The molecule has 5 rings (SSSR count). The van der Waals surface area contributed by atoms with Gasteiger partial charge in [0.2, 0.25) is 5.89 Å². The molecule has 0 aliphatic carbocycles. The quantitative estimate of drug-likeness (QED) is 0.468. The summed E-state index contributed by atoms with van der Waals surface area (Å²) in [6, 6.07) is 20.9. The molecule has 0 bridgehead atoms. The molecule has 5 aromatic rings. The van der Waals surface area contributed by atoms with Crippen molar-refractivity contribution in [2.24, 2.45) is 0 Å². The molecule has 3 heterocycles. The van der Waals surface area contributed by atoms with Crippen LogP contribution in [0.15, 0.2) is 83.5 Å². The lowest BCUT2D eigenvalue weighted by molar-refractivity contribution is 0.0950. The van der Waals surface area contributed by atoms with Gasteiger partial charge < -0.3 is 9.73 Å². The van der Waals surface area contributed by atoms with Gasteiger partial charge in [0.1, 0.15) is 0 Å². The Morgan fingerprint density at radius 3 is 2.68 bits per heavy atom. The van der Waals surface area contributed by atoms with Crippen molar-refractivity contribution in [2.45, 2.75) is 13.5 Å². The molecular formula is C24H19N5O2. The predicted octanol–water partition coefficient (Wildman–Crippen LogP) is 4.29. The van der Waals surface area contributed by atoms with E-state index in [2.05, 4.69) is 20.5 Å². The summed E-state index contributed by atoms with van der Waals surface area (Å²) in [6.45, 7) is 2.28. The molecule has 0 saturated carbocycles. The van der Waals surface area contributed by atoms with E-state index in [4.69, 9.17) is 4.42 Å². The molecule has 0 aliphatic rings. The summed E-state index contributed by atoms with van der Waals surface area (Å²) in [6.07, 6.45) is 3.54. The first-order chi connectivity index (χ1) is 15.2. The third-order valence-corrected chi connectivity index (χ3v) is 5.04. The Morgan fingerprint density at radius 2 is 1.81 bits per heavy atom. The van der Waals surface area contributed by atoms with Gasteiger partial charge in [-0.3, -0.25) is 9.20 Å². The average molecular weight is 409 g/mol. The number of hydrogen-bond acceptors (Lipinski definition) is 5. The standard InChI is InChI=1S/C24H19N5O2/c1-16-9-11-17(12-10-16)20-14-26-24(31-20)19-7-3-2-6-18(19)23(30)25-15-22-28-27-21-8-4-5-13-29(21)22/h2-14H,15H2,1H3,(H,25,30). The van der Waals surface area contributed by atoms with Crippen molar-refractivity contribution in [2.75, 3.05) is 0 Å². The Kier molecular flexibility index (Phi) is 4.76. The minimum absolute atomic E-state index is 0.238. The first-order valence-electron chi connectivity index (χ1n) is 9.88. The van der Waals surface area contributed by atoms with E-state index in [1.54, 1.807) is 12.3 Å². The molecule has 7 nitrogen and oxygen atoms in total. The number of oxazole rings is 1. The van der Waals surface area contributed by atoms with E-state index in [-0.39, 0.29) is 12.5 Å². The second kappa shape index (κ2) is 7.87. The molecule has 1 amide bonds. The van der Waals surface area contributed by atoms with Crippen LogP contribution in [-0.4, -0.2) is 25.5 Å². The Bertz CT molecular complexity index is 1370. The molecule has 7 heteroatoms. The number of nitrogens with one attached hydrogen (secondary N) is 1. The van der Waals surface area contributed by atoms with Gasteiger partial charge in [-0.2, -0.15) is 0 Å². The zero-order chi connectivity index (χ0) is 21.2. The van der Waals surface area contributed by atoms with Gasteiger partial charge in [-0.1, -0.05) is 48.0 Å². The van der Waals surface area contributed by atoms with Crippen LogP contribution in [0.2, 0.25) is 0 Å². The molecule has 0 radical (unpaired) electrons. The maximum absolute atomic E-state index is 12.9. The van der Waals surface area contributed by atoms with E-state index in [0.717, 1.165) is 11.2 Å². The third kappa shape index (κ3) is 3.69. The summed E-state index contributed by atoms with van der Waals surface area (Å²) in [7, 11) is 0. The lowest BCUT2D eigenvalue weighted by atomic mass is 10.1. The van der Waals surface area contributed by atoms with Gasteiger partial charge in [-0.25, -0.2) is 4.98 Å². The Balaban J connectivity index is 1.39. The zero-order valence-corrected chi connectivity index (χ0v) is 16.8. The highest BCUT2D eigenvalue weighted by atomic mass is 16.4. The van der Waals surface area contributed by atoms with Crippen molar-refractivity contribution in [1.29, 1.82) is 0 Å². The number of fused-ring (bicyclic) bond motifs is 1. The van der Waals surface area contributed by atoms with Crippen LogP contribution in [0.1, 0.15) is 21.7 Å². The van der Waals surface area contributed by atoms with Crippen molar-refractivity contribution >= 4 is 11.6 Å². The number of nitrogens with zero attached hydrogens (tertiary/aromatic N) is 4. The molecule has 1 N–H and O–H groups in total. The molecule has 152 valence electrons. The first kappa shape index (κ1) is 18.7. The summed E-state index contributed by atoms with van der Waals surface area (Å²) in [5, 5.41) is 11.2. The van der Waals surface area contributed by atoms with Crippen LogP contribution in [0.25, 0.3) is 28.4 Å². The van der Waals surface area contributed by atoms with Crippen molar-refractivity contribution in [3.8, 4) is 22.8 Å². The molecule has 0 fully saturated rings. The highest BCUT2D eigenvalue weighted by Crippen LogP contribution is 2.28. The Morgan fingerprint density at radius 1 is 1.00 bits per heavy atom. The fourth-order valence-corrected chi connectivity index (χ4v) is 3.38. The number of carbonyl (C=O) groups excluding carboxylic acids is 1. The lowest BCUT2D eigenvalue weighted by Gasteiger charge is -2.07. The van der Waals surface area contributed by atoms with Gasteiger partial charge in [0.15, 0.2) is 17.2 Å². The highest BCUT2D eigenvalue weighted by molar-refractivity contribution is 6.00. The van der Waals surface area contributed by atoms with Crippen LogP contribution in [-0.2, 0) is 6.54 Å². The molecule has 0 atom stereocenters. The van der Waals surface area contributed by atoms with Crippen molar-refractivity contribution in [1.82, 2.24) is 24.9 Å². The number of amides is 1. The molecule has 0 spiro atoms. The van der Waals surface area contributed by atoms with Gasteiger partial charge in [-0.15, -0.1) is 10.2 Å². The van der Waals surface area contributed by atoms with Gasteiger partial charge >= 0.3 is 0 Å². The predicted molar refractivity (Wildman–Crippen MR) is 116 cm³/mol. The topological polar surface area (TPSA) is 85.3 Å². The van der Waals surface area contributed by atoms with Crippen LogP contribution >= 0.6 is 0 Å². The minimum atomic E-state index is -0.238. The van der Waals surface area contributed by atoms with Gasteiger partial charge in [0, 0.05) is 17.3 Å². The second-order valence-electron chi connectivity index (χ2n) is 7.17. The van der Waals surface area contributed by atoms with Crippen molar-refractivity contribution < 1.29 is 9.21 Å². The highest BCUT2D eigenvalue weighted by Gasteiger charge is 2.17. The first-order valence-corrected chi connectivity index (χ1v) is 9.88. The molecule has 2 aromatic carbocycles. The third-order valence-electron chi connectivity index (χ3n) is 5.04.